The molecule has 0 bridgehead atoms. The summed E-state index contributed by atoms with van der Waals surface area (Å²) in [7, 11) is 0. The highest BCUT2D eigenvalue weighted by Gasteiger charge is 2.22. The van der Waals surface area contributed by atoms with Gasteiger partial charge in [0, 0.05) is 25.8 Å². The van der Waals surface area contributed by atoms with E-state index in [0.29, 0.717) is 13.2 Å². The molecule has 0 atom stereocenters. The molecule has 2 heterocycles. The van der Waals surface area contributed by atoms with Crippen LogP contribution in [0.4, 0.5) is 4.79 Å². The number of ether oxygens (including phenoxy) is 2. The maximum atomic E-state index is 11.8. The van der Waals surface area contributed by atoms with Crippen molar-refractivity contribution in [2.75, 3.05) is 32.8 Å². The van der Waals surface area contributed by atoms with Crippen molar-refractivity contribution in [3.63, 3.8) is 0 Å². The molecule has 1 aliphatic rings. The second-order valence-electron chi connectivity index (χ2n) is 5.33. The van der Waals surface area contributed by atoms with Crippen LogP contribution in [0, 0.1) is 0 Å². The van der Waals surface area contributed by atoms with Gasteiger partial charge in [0.25, 0.3) is 0 Å². The van der Waals surface area contributed by atoms with Gasteiger partial charge in [-0.2, -0.15) is 0 Å². The summed E-state index contributed by atoms with van der Waals surface area (Å²) in [5.74, 6) is 0.758. The number of amides is 2. The van der Waals surface area contributed by atoms with E-state index in [4.69, 9.17) is 9.47 Å². The van der Waals surface area contributed by atoms with Gasteiger partial charge in [0.2, 0.25) is 0 Å². The van der Waals surface area contributed by atoms with E-state index in [9.17, 15) is 4.79 Å². The average molecular weight is 307 g/mol. The normalized spacial score (nSPS) is 15.6. The Morgan fingerprint density at radius 3 is 2.91 bits per heavy atom. The minimum absolute atomic E-state index is 0.0419. The Morgan fingerprint density at radius 2 is 2.23 bits per heavy atom. The Kier molecular flexibility index (Phi) is 6.96. The lowest BCUT2D eigenvalue weighted by Crippen LogP contribution is -2.46. The zero-order valence-corrected chi connectivity index (χ0v) is 13.2. The summed E-state index contributed by atoms with van der Waals surface area (Å²) < 4.78 is 11.3. The van der Waals surface area contributed by atoms with E-state index >= 15 is 0 Å². The second-order valence-corrected chi connectivity index (χ2v) is 5.33. The van der Waals surface area contributed by atoms with Crippen molar-refractivity contribution < 1.29 is 14.3 Å². The number of nitrogens with zero attached hydrogens (tertiary/aromatic N) is 2. The first-order valence-electron chi connectivity index (χ1n) is 7.96. The number of nitrogens with one attached hydrogen (secondary N) is 1. The van der Waals surface area contributed by atoms with Crippen LogP contribution in [0.2, 0.25) is 0 Å². The van der Waals surface area contributed by atoms with Crippen LogP contribution in [0.25, 0.3) is 0 Å². The molecule has 1 aromatic heterocycles. The highest BCUT2D eigenvalue weighted by atomic mass is 16.5. The first kappa shape index (κ1) is 16.5. The van der Waals surface area contributed by atoms with Crippen molar-refractivity contribution in [1.82, 2.24) is 15.2 Å². The molecule has 0 unspecified atom stereocenters. The van der Waals surface area contributed by atoms with Crippen LogP contribution in [-0.2, 0) is 4.74 Å². The summed E-state index contributed by atoms with van der Waals surface area (Å²) in [4.78, 5) is 17.7. The van der Waals surface area contributed by atoms with Crippen LogP contribution in [0.15, 0.2) is 24.5 Å². The van der Waals surface area contributed by atoms with Crippen molar-refractivity contribution >= 4 is 6.03 Å². The van der Waals surface area contributed by atoms with Crippen LogP contribution in [-0.4, -0.2) is 54.9 Å². The zero-order valence-electron chi connectivity index (χ0n) is 13.2. The van der Waals surface area contributed by atoms with Gasteiger partial charge in [-0.1, -0.05) is 6.92 Å². The molecule has 0 aliphatic carbocycles. The number of aromatic nitrogens is 1. The topological polar surface area (TPSA) is 63.7 Å². The lowest BCUT2D eigenvalue weighted by atomic mass is 10.1. The highest BCUT2D eigenvalue weighted by Crippen LogP contribution is 2.14. The molecule has 0 saturated carbocycles. The third kappa shape index (κ3) is 5.52. The Labute approximate surface area is 131 Å². The number of carbonyl (C=O) groups excluding carboxylic acids is 1. The molecule has 1 aliphatic heterocycles. The van der Waals surface area contributed by atoms with Crippen molar-refractivity contribution in [1.29, 1.82) is 0 Å². The molecule has 122 valence electrons. The SMILES string of the molecule is CCCNC(=O)N1CCC(OCCOc2cccnc2)CC1. The molecule has 1 N–H and O–H groups in total. The quantitative estimate of drug-likeness (QED) is 0.783. The predicted octanol–water partition coefficient (Wildman–Crippen LogP) is 2.06. The maximum Gasteiger partial charge on any atom is 0.317 e. The lowest BCUT2D eigenvalue weighted by Gasteiger charge is -2.31. The number of hydrogen-bond donors (Lipinski definition) is 1. The van der Waals surface area contributed by atoms with Gasteiger partial charge in [0.15, 0.2) is 0 Å². The minimum atomic E-state index is 0.0419. The lowest BCUT2D eigenvalue weighted by molar-refractivity contribution is 0.00186. The third-order valence-corrected chi connectivity index (χ3v) is 3.60. The predicted molar refractivity (Wildman–Crippen MR) is 84.0 cm³/mol. The number of carbonyl (C=O) groups is 1. The van der Waals surface area contributed by atoms with Crippen LogP contribution in [0.1, 0.15) is 26.2 Å². The van der Waals surface area contributed by atoms with Crippen LogP contribution >= 0.6 is 0 Å². The molecule has 22 heavy (non-hydrogen) atoms. The molecule has 1 aromatic rings. The fourth-order valence-electron chi connectivity index (χ4n) is 2.38. The van der Waals surface area contributed by atoms with Gasteiger partial charge in [0.1, 0.15) is 12.4 Å². The molecule has 1 fully saturated rings. The first-order chi connectivity index (χ1) is 10.8. The summed E-state index contributed by atoms with van der Waals surface area (Å²) in [6, 6.07) is 3.76. The van der Waals surface area contributed by atoms with E-state index in [0.717, 1.165) is 44.6 Å². The average Bonchev–Trinajstić information content (AvgIpc) is 2.58. The van der Waals surface area contributed by atoms with Crippen molar-refractivity contribution in [3.05, 3.63) is 24.5 Å². The number of urea groups is 1. The van der Waals surface area contributed by atoms with Gasteiger partial charge in [-0.3, -0.25) is 4.98 Å². The van der Waals surface area contributed by atoms with Crippen LogP contribution in [0.3, 0.4) is 0 Å². The molecule has 0 aromatic carbocycles. The maximum absolute atomic E-state index is 11.8. The molecular weight excluding hydrogens is 282 g/mol. The van der Waals surface area contributed by atoms with Gasteiger partial charge < -0.3 is 19.7 Å². The Hall–Kier alpha value is -1.82. The van der Waals surface area contributed by atoms with Gasteiger partial charge in [-0.15, -0.1) is 0 Å². The van der Waals surface area contributed by atoms with E-state index in [1.165, 1.54) is 0 Å². The molecular formula is C16H25N3O3. The standard InChI is InChI=1S/C16H25N3O3/c1-2-7-18-16(20)19-9-5-14(6-10-19)21-11-12-22-15-4-3-8-17-13-15/h3-4,8,13-14H,2,5-7,9-12H2,1H3,(H,18,20). The fourth-order valence-corrected chi connectivity index (χ4v) is 2.38. The zero-order chi connectivity index (χ0) is 15.6. The smallest absolute Gasteiger partial charge is 0.317 e. The summed E-state index contributed by atoms with van der Waals surface area (Å²) in [5, 5.41) is 2.91. The minimum Gasteiger partial charge on any atom is -0.490 e. The third-order valence-electron chi connectivity index (χ3n) is 3.60. The molecule has 0 spiro atoms. The van der Waals surface area contributed by atoms with E-state index in [1.807, 2.05) is 24.0 Å². The number of rotatable bonds is 7. The Morgan fingerprint density at radius 1 is 1.41 bits per heavy atom. The van der Waals surface area contributed by atoms with Gasteiger partial charge >= 0.3 is 6.03 Å². The van der Waals surface area contributed by atoms with E-state index < -0.39 is 0 Å². The molecule has 2 amide bonds. The van der Waals surface area contributed by atoms with Crippen molar-refractivity contribution in [2.45, 2.75) is 32.3 Å². The fraction of sp³-hybridized carbons (Fsp3) is 0.625. The number of likely N-dealkylation sites (tertiary alicyclic amines) is 1. The largest absolute Gasteiger partial charge is 0.490 e. The van der Waals surface area contributed by atoms with E-state index in [2.05, 4.69) is 10.3 Å². The molecule has 0 radical (unpaired) electrons. The van der Waals surface area contributed by atoms with E-state index in [1.54, 1.807) is 12.4 Å². The monoisotopic (exact) mass is 307 g/mol. The van der Waals surface area contributed by atoms with Crippen LogP contribution in [0.5, 0.6) is 5.75 Å². The first-order valence-corrected chi connectivity index (χ1v) is 7.96. The number of piperidine rings is 1. The van der Waals surface area contributed by atoms with Crippen LogP contribution < -0.4 is 10.1 Å². The Balaban J connectivity index is 1.56. The number of pyridine rings is 1. The summed E-state index contributed by atoms with van der Waals surface area (Å²) >= 11 is 0. The number of hydrogen-bond acceptors (Lipinski definition) is 4. The summed E-state index contributed by atoms with van der Waals surface area (Å²) in [6.07, 6.45) is 6.34. The molecule has 2 rings (SSSR count). The van der Waals surface area contributed by atoms with Gasteiger partial charge in [-0.05, 0) is 31.4 Å². The molecule has 1 saturated heterocycles. The molecule has 6 nitrogen and oxygen atoms in total. The van der Waals surface area contributed by atoms with E-state index in [-0.39, 0.29) is 12.1 Å². The second kappa shape index (κ2) is 9.25. The summed E-state index contributed by atoms with van der Waals surface area (Å²) in [6.45, 7) is 5.37. The van der Waals surface area contributed by atoms with Crippen molar-refractivity contribution in [2.24, 2.45) is 0 Å². The molecule has 6 heteroatoms. The van der Waals surface area contributed by atoms with Gasteiger partial charge in [0.05, 0.1) is 18.9 Å². The summed E-state index contributed by atoms with van der Waals surface area (Å²) in [5.41, 5.74) is 0. The van der Waals surface area contributed by atoms with Gasteiger partial charge in [-0.25, -0.2) is 4.79 Å². The van der Waals surface area contributed by atoms with Crippen molar-refractivity contribution in [3.8, 4) is 5.75 Å². The highest BCUT2D eigenvalue weighted by molar-refractivity contribution is 5.74. The Bertz CT molecular complexity index is 434.